The number of benzene rings is 2. The number of rotatable bonds is 6. The highest BCUT2D eigenvalue weighted by Crippen LogP contribution is 2.22. The molecule has 0 aromatic heterocycles. The Balaban J connectivity index is 2.29. The maximum Gasteiger partial charge on any atom is 0.244 e. The third kappa shape index (κ3) is 3.86. The highest BCUT2D eigenvalue weighted by molar-refractivity contribution is 5.97. The van der Waals surface area contributed by atoms with E-state index in [2.05, 4.69) is 0 Å². The fraction of sp³-hybridized carbons (Fsp3) is 0.278. The zero-order valence-electron chi connectivity index (χ0n) is 13.0. The second-order valence-electron chi connectivity index (χ2n) is 5.12. The number of amides is 1. The van der Waals surface area contributed by atoms with Crippen LogP contribution < -0.4 is 15.4 Å². The SMILES string of the molecule is CC[C@@H](N)C(=O)N(Cc1ccccc1)c1ccc(OC)cc1. The van der Waals surface area contributed by atoms with Crippen molar-refractivity contribution < 1.29 is 9.53 Å². The second-order valence-corrected chi connectivity index (χ2v) is 5.12. The molecule has 1 atom stereocenters. The van der Waals surface area contributed by atoms with E-state index in [4.69, 9.17) is 10.5 Å². The van der Waals surface area contributed by atoms with Gasteiger partial charge in [0.1, 0.15) is 5.75 Å². The minimum atomic E-state index is -0.495. The van der Waals surface area contributed by atoms with Crippen LogP contribution in [0, 0.1) is 0 Å². The summed E-state index contributed by atoms with van der Waals surface area (Å²) in [5.41, 5.74) is 7.83. The van der Waals surface area contributed by atoms with Crippen LogP contribution in [-0.2, 0) is 11.3 Å². The van der Waals surface area contributed by atoms with Crippen LogP contribution in [0.5, 0.6) is 5.75 Å². The number of hydrogen-bond donors (Lipinski definition) is 1. The van der Waals surface area contributed by atoms with Crippen LogP contribution in [0.3, 0.4) is 0 Å². The van der Waals surface area contributed by atoms with E-state index in [0.717, 1.165) is 17.0 Å². The number of methoxy groups -OCH3 is 1. The van der Waals surface area contributed by atoms with Gasteiger partial charge in [-0.3, -0.25) is 4.79 Å². The topological polar surface area (TPSA) is 55.6 Å². The molecular weight excluding hydrogens is 276 g/mol. The van der Waals surface area contributed by atoms with E-state index >= 15 is 0 Å². The number of ether oxygens (including phenoxy) is 1. The Labute approximate surface area is 131 Å². The van der Waals surface area contributed by atoms with Gasteiger partial charge >= 0.3 is 0 Å². The molecular formula is C18H22N2O2. The number of anilines is 1. The average Bonchev–Trinajstić information content (AvgIpc) is 2.59. The smallest absolute Gasteiger partial charge is 0.244 e. The van der Waals surface area contributed by atoms with Crippen LogP contribution in [0.4, 0.5) is 5.69 Å². The van der Waals surface area contributed by atoms with Crippen LogP contribution in [0.1, 0.15) is 18.9 Å². The Hall–Kier alpha value is -2.33. The first kappa shape index (κ1) is 16.0. The number of hydrogen-bond acceptors (Lipinski definition) is 3. The average molecular weight is 298 g/mol. The Bertz CT molecular complexity index is 596. The lowest BCUT2D eigenvalue weighted by Crippen LogP contribution is -2.43. The first-order valence-corrected chi connectivity index (χ1v) is 7.40. The van der Waals surface area contributed by atoms with Gasteiger partial charge < -0.3 is 15.4 Å². The summed E-state index contributed by atoms with van der Waals surface area (Å²) in [4.78, 5) is 14.3. The molecule has 0 saturated heterocycles. The molecule has 1 amide bonds. The summed E-state index contributed by atoms with van der Waals surface area (Å²) in [6, 6.07) is 16.8. The lowest BCUT2D eigenvalue weighted by atomic mass is 10.1. The van der Waals surface area contributed by atoms with Gasteiger partial charge in [-0.25, -0.2) is 0 Å². The van der Waals surface area contributed by atoms with Crippen molar-refractivity contribution in [3.63, 3.8) is 0 Å². The van der Waals surface area contributed by atoms with Crippen molar-refractivity contribution in [2.75, 3.05) is 12.0 Å². The Kier molecular flexibility index (Phi) is 5.55. The summed E-state index contributed by atoms with van der Waals surface area (Å²) in [5.74, 6) is 0.687. The van der Waals surface area contributed by atoms with Gasteiger partial charge in [0.05, 0.1) is 19.7 Å². The molecule has 0 aliphatic heterocycles. The van der Waals surface area contributed by atoms with Crippen molar-refractivity contribution in [3.8, 4) is 5.75 Å². The molecule has 22 heavy (non-hydrogen) atoms. The summed E-state index contributed by atoms with van der Waals surface area (Å²) in [5, 5.41) is 0. The predicted molar refractivity (Wildman–Crippen MR) is 88.9 cm³/mol. The zero-order chi connectivity index (χ0) is 15.9. The van der Waals surface area contributed by atoms with E-state index in [1.807, 2.05) is 61.5 Å². The van der Waals surface area contributed by atoms with Crippen molar-refractivity contribution in [1.82, 2.24) is 0 Å². The summed E-state index contributed by atoms with van der Waals surface area (Å²) >= 11 is 0. The first-order valence-electron chi connectivity index (χ1n) is 7.40. The highest BCUT2D eigenvalue weighted by atomic mass is 16.5. The van der Waals surface area contributed by atoms with Crippen molar-refractivity contribution >= 4 is 11.6 Å². The van der Waals surface area contributed by atoms with Gasteiger partial charge in [-0.05, 0) is 36.2 Å². The number of carbonyl (C=O) groups is 1. The number of nitrogens with zero attached hydrogens (tertiary/aromatic N) is 1. The molecule has 2 N–H and O–H groups in total. The molecule has 0 unspecified atom stereocenters. The van der Waals surface area contributed by atoms with Crippen molar-refractivity contribution in [2.45, 2.75) is 25.9 Å². The van der Waals surface area contributed by atoms with Crippen LogP contribution in [0.15, 0.2) is 54.6 Å². The van der Waals surface area contributed by atoms with Crippen LogP contribution in [-0.4, -0.2) is 19.1 Å². The van der Waals surface area contributed by atoms with E-state index in [1.165, 1.54) is 0 Å². The first-order chi connectivity index (χ1) is 10.7. The minimum Gasteiger partial charge on any atom is -0.497 e. The van der Waals surface area contributed by atoms with Gasteiger partial charge in [0.2, 0.25) is 5.91 Å². The molecule has 0 heterocycles. The summed E-state index contributed by atoms with van der Waals surface area (Å²) < 4.78 is 5.17. The molecule has 0 bridgehead atoms. The maximum atomic E-state index is 12.6. The molecule has 0 spiro atoms. The third-order valence-electron chi connectivity index (χ3n) is 3.59. The standard InChI is InChI=1S/C18H22N2O2/c1-3-17(19)18(21)20(13-14-7-5-4-6-8-14)15-9-11-16(22-2)12-10-15/h4-12,17H,3,13,19H2,1-2H3/t17-/m1/s1. The quantitative estimate of drug-likeness (QED) is 0.892. The number of nitrogens with two attached hydrogens (primary N) is 1. The monoisotopic (exact) mass is 298 g/mol. The largest absolute Gasteiger partial charge is 0.497 e. The predicted octanol–water partition coefficient (Wildman–Crippen LogP) is 2.97. The fourth-order valence-electron chi connectivity index (χ4n) is 2.20. The zero-order valence-corrected chi connectivity index (χ0v) is 13.0. The lowest BCUT2D eigenvalue weighted by molar-refractivity contribution is -0.120. The Morgan fingerprint density at radius 3 is 2.32 bits per heavy atom. The molecule has 0 aliphatic carbocycles. The van der Waals surface area contributed by atoms with Crippen molar-refractivity contribution in [1.29, 1.82) is 0 Å². The molecule has 2 aromatic rings. The van der Waals surface area contributed by atoms with Gasteiger partial charge in [0.25, 0.3) is 0 Å². The van der Waals surface area contributed by atoms with E-state index in [-0.39, 0.29) is 5.91 Å². The van der Waals surface area contributed by atoms with E-state index < -0.39 is 6.04 Å². The van der Waals surface area contributed by atoms with E-state index in [1.54, 1.807) is 12.0 Å². The molecule has 2 rings (SSSR count). The van der Waals surface area contributed by atoms with E-state index in [0.29, 0.717) is 13.0 Å². The molecule has 0 fully saturated rings. The van der Waals surface area contributed by atoms with Gasteiger partial charge in [0, 0.05) is 5.69 Å². The summed E-state index contributed by atoms with van der Waals surface area (Å²) in [6.45, 7) is 2.41. The van der Waals surface area contributed by atoms with Crippen molar-refractivity contribution in [3.05, 3.63) is 60.2 Å². The normalized spacial score (nSPS) is 11.8. The maximum absolute atomic E-state index is 12.6. The fourth-order valence-corrected chi connectivity index (χ4v) is 2.20. The number of carbonyl (C=O) groups excluding carboxylic acids is 1. The molecule has 0 radical (unpaired) electrons. The lowest BCUT2D eigenvalue weighted by Gasteiger charge is -2.26. The van der Waals surface area contributed by atoms with Crippen LogP contribution in [0.2, 0.25) is 0 Å². The highest BCUT2D eigenvalue weighted by Gasteiger charge is 2.21. The Morgan fingerprint density at radius 1 is 1.14 bits per heavy atom. The van der Waals surface area contributed by atoms with Gasteiger partial charge in [0.15, 0.2) is 0 Å². The van der Waals surface area contributed by atoms with Gasteiger partial charge in [-0.1, -0.05) is 37.3 Å². The Morgan fingerprint density at radius 2 is 1.77 bits per heavy atom. The molecule has 116 valence electrons. The molecule has 4 heteroatoms. The molecule has 2 aromatic carbocycles. The van der Waals surface area contributed by atoms with Gasteiger partial charge in [-0.2, -0.15) is 0 Å². The summed E-state index contributed by atoms with van der Waals surface area (Å²) in [7, 11) is 1.62. The van der Waals surface area contributed by atoms with Crippen LogP contribution >= 0.6 is 0 Å². The molecule has 4 nitrogen and oxygen atoms in total. The van der Waals surface area contributed by atoms with Crippen molar-refractivity contribution in [2.24, 2.45) is 5.73 Å². The minimum absolute atomic E-state index is 0.0727. The van der Waals surface area contributed by atoms with Gasteiger partial charge in [-0.15, -0.1) is 0 Å². The second kappa shape index (κ2) is 7.61. The molecule has 0 aliphatic rings. The molecule has 0 saturated carbocycles. The summed E-state index contributed by atoms with van der Waals surface area (Å²) in [6.07, 6.45) is 0.611. The third-order valence-corrected chi connectivity index (χ3v) is 3.59. The van der Waals surface area contributed by atoms with Crippen LogP contribution in [0.25, 0.3) is 0 Å². The van der Waals surface area contributed by atoms with E-state index in [9.17, 15) is 4.79 Å².